The van der Waals surface area contributed by atoms with Crippen molar-refractivity contribution in [3.63, 3.8) is 0 Å². The molecule has 1 heterocycles. The van der Waals surface area contributed by atoms with Crippen LogP contribution in [0.1, 0.15) is 18.1 Å². The predicted molar refractivity (Wildman–Crippen MR) is 82.2 cm³/mol. The van der Waals surface area contributed by atoms with Crippen molar-refractivity contribution in [1.29, 1.82) is 0 Å². The van der Waals surface area contributed by atoms with Crippen LogP contribution in [-0.4, -0.2) is 43.7 Å². The Hall–Kier alpha value is -1.10. The van der Waals surface area contributed by atoms with E-state index in [0.29, 0.717) is 19.8 Å². The van der Waals surface area contributed by atoms with E-state index >= 15 is 0 Å². The van der Waals surface area contributed by atoms with Gasteiger partial charge in [-0.05, 0) is 17.5 Å². The number of hydrogen-bond donors (Lipinski definition) is 1. The Bertz CT molecular complexity index is 416. The molecule has 1 saturated heterocycles. The number of carbonyl (C=O) groups is 1. The molecule has 1 aromatic rings. The second-order valence-corrected chi connectivity index (χ2v) is 4.95. The molecule has 1 amide bonds. The number of morpholine rings is 1. The van der Waals surface area contributed by atoms with Crippen molar-refractivity contribution in [3.05, 3.63) is 35.4 Å². The summed E-state index contributed by atoms with van der Waals surface area (Å²) in [5.41, 5.74) is 2.48. The van der Waals surface area contributed by atoms with Gasteiger partial charge in [-0.2, -0.15) is 0 Å². The van der Waals surface area contributed by atoms with Gasteiger partial charge < -0.3 is 15.0 Å². The van der Waals surface area contributed by atoms with Gasteiger partial charge in [0.2, 0.25) is 5.91 Å². The van der Waals surface area contributed by atoms with Crippen LogP contribution >= 0.6 is 12.4 Å². The van der Waals surface area contributed by atoms with Crippen LogP contribution in [0.4, 0.5) is 0 Å². The van der Waals surface area contributed by atoms with E-state index in [0.717, 1.165) is 18.5 Å². The van der Waals surface area contributed by atoms with Crippen LogP contribution < -0.4 is 5.32 Å². The molecule has 0 aliphatic carbocycles. The van der Waals surface area contributed by atoms with E-state index in [-0.39, 0.29) is 24.4 Å². The second kappa shape index (κ2) is 8.25. The highest BCUT2D eigenvalue weighted by Gasteiger charge is 2.24. The quantitative estimate of drug-likeness (QED) is 0.918. The van der Waals surface area contributed by atoms with E-state index in [1.54, 1.807) is 4.90 Å². The van der Waals surface area contributed by atoms with Crippen molar-refractivity contribution in [2.24, 2.45) is 0 Å². The maximum atomic E-state index is 12.2. The number of amides is 1. The fourth-order valence-electron chi connectivity index (χ4n) is 2.22. The summed E-state index contributed by atoms with van der Waals surface area (Å²) in [5.74, 6) is 0.0965. The molecule has 1 fully saturated rings. The average molecular weight is 299 g/mol. The zero-order valence-corrected chi connectivity index (χ0v) is 12.9. The van der Waals surface area contributed by atoms with Gasteiger partial charge in [0.15, 0.2) is 0 Å². The van der Waals surface area contributed by atoms with Crippen molar-refractivity contribution in [3.8, 4) is 0 Å². The van der Waals surface area contributed by atoms with Crippen LogP contribution in [0.15, 0.2) is 24.3 Å². The van der Waals surface area contributed by atoms with Crippen molar-refractivity contribution >= 4 is 18.3 Å². The minimum Gasteiger partial charge on any atom is -0.378 e. The molecule has 0 radical (unpaired) electrons. The average Bonchev–Trinajstić information content (AvgIpc) is 2.48. The number of aryl methyl sites for hydroxylation is 1. The normalized spacial score (nSPS) is 18.2. The zero-order valence-electron chi connectivity index (χ0n) is 12.1. The van der Waals surface area contributed by atoms with E-state index in [9.17, 15) is 4.79 Å². The molecule has 1 N–H and O–H groups in total. The molecule has 4 nitrogen and oxygen atoms in total. The van der Waals surface area contributed by atoms with Crippen molar-refractivity contribution in [2.75, 3.05) is 26.8 Å². The molecule has 112 valence electrons. The molecule has 1 aromatic carbocycles. The summed E-state index contributed by atoms with van der Waals surface area (Å²) in [6, 6.07) is 8.22. The topological polar surface area (TPSA) is 41.6 Å². The third-order valence-electron chi connectivity index (χ3n) is 3.45. The molecular weight excluding hydrogens is 276 g/mol. The molecule has 0 bridgehead atoms. The van der Waals surface area contributed by atoms with Crippen molar-refractivity contribution in [2.45, 2.75) is 25.9 Å². The van der Waals surface area contributed by atoms with Crippen LogP contribution in [0, 0.1) is 0 Å². The van der Waals surface area contributed by atoms with Crippen molar-refractivity contribution in [1.82, 2.24) is 10.2 Å². The monoisotopic (exact) mass is 298 g/mol. The molecule has 1 atom stereocenters. The minimum atomic E-state index is -0.200. The number of hydrogen-bond acceptors (Lipinski definition) is 3. The first kappa shape index (κ1) is 17.0. The van der Waals surface area contributed by atoms with Gasteiger partial charge in [-0.1, -0.05) is 31.2 Å². The van der Waals surface area contributed by atoms with Gasteiger partial charge >= 0.3 is 0 Å². The Labute approximate surface area is 126 Å². The Kier molecular flexibility index (Phi) is 6.99. The summed E-state index contributed by atoms with van der Waals surface area (Å²) in [6.45, 7) is 4.68. The molecule has 1 aliphatic heterocycles. The number of rotatable bonds is 4. The number of likely N-dealkylation sites (N-methyl/N-ethyl adjacent to an activating group) is 1. The third kappa shape index (κ3) is 4.47. The lowest BCUT2D eigenvalue weighted by molar-refractivity contribution is -0.135. The molecule has 20 heavy (non-hydrogen) atoms. The minimum absolute atomic E-state index is 0. The summed E-state index contributed by atoms with van der Waals surface area (Å²) < 4.78 is 5.32. The van der Waals surface area contributed by atoms with E-state index in [4.69, 9.17) is 4.74 Å². The first-order valence-electron chi connectivity index (χ1n) is 6.84. The lowest BCUT2D eigenvalue weighted by Crippen LogP contribution is -2.51. The maximum Gasteiger partial charge on any atom is 0.242 e. The SMILES string of the molecule is CCc1ccc(CN(C)C(=O)C2COCCN2)cc1.Cl. The summed E-state index contributed by atoms with van der Waals surface area (Å²) in [4.78, 5) is 14.0. The first-order chi connectivity index (χ1) is 9.20. The molecule has 5 heteroatoms. The number of ether oxygens (including phenoxy) is 1. The number of nitrogens with zero attached hydrogens (tertiary/aromatic N) is 1. The molecule has 0 spiro atoms. The lowest BCUT2D eigenvalue weighted by Gasteiger charge is -2.27. The molecular formula is C15H23ClN2O2. The van der Waals surface area contributed by atoms with Gasteiger partial charge in [0, 0.05) is 20.1 Å². The molecule has 2 rings (SSSR count). The number of carbonyl (C=O) groups excluding carboxylic acids is 1. The van der Waals surface area contributed by atoms with E-state index in [2.05, 4.69) is 36.5 Å². The van der Waals surface area contributed by atoms with Gasteiger partial charge in [-0.3, -0.25) is 4.79 Å². The Morgan fingerprint density at radius 2 is 2.00 bits per heavy atom. The van der Waals surface area contributed by atoms with E-state index in [1.165, 1.54) is 5.56 Å². The largest absolute Gasteiger partial charge is 0.378 e. The summed E-state index contributed by atoms with van der Waals surface area (Å²) in [7, 11) is 1.84. The lowest BCUT2D eigenvalue weighted by atomic mass is 10.1. The third-order valence-corrected chi connectivity index (χ3v) is 3.45. The fourth-order valence-corrected chi connectivity index (χ4v) is 2.22. The number of halogens is 1. The Balaban J connectivity index is 0.00000200. The second-order valence-electron chi connectivity index (χ2n) is 4.95. The van der Waals surface area contributed by atoms with E-state index < -0.39 is 0 Å². The van der Waals surface area contributed by atoms with Crippen molar-refractivity contribution < 1.29 is 9.53 Å². The Morgan fingerprint density at radius 3 is 2.55 bits per heavy atom. The highest BCUT2D eigenvalue weighted by Crippen LogP contribution is 2.08. The summed E-state index contributed by atoms with van der Waals surface area (Å²) in [5, 5.41) is 3.19. The number of nitrogens with one attached hydrogen (secondary N) is 1. The summed E-state index contributed by atoms with van der Waals surface area (Å²) >= 11 is 0. The molecule has 1 unspecified atom stereocenters. The van der Waals surface area contributed by atoms with Gasteiger partial charge in [-0.25, -0.2) is 0 Å². The van der Waals surface area contributed by atoms with Gasteiger partial charge in [0.05, 0.1) is 13.2 Å². The smallest absolute Gasteiger partial charge is 0.242 e. The van der Waals surface area contributed by atoms with Crippen LogP contribution in [0.5, 0.6) is 0 Å². The standard InChI is InChI=1S/C15H22N2O2.ClH/c1-3-12-4-6-13(7-5-12)10-17(2)15(18)14-11-19-9-8-16-14;/h4-7,14,16H,3,8-11H2,1-2H3;1H. The fraction of sp³-hybridized carbons (Fsp3) is 0.533. The van der Waals surface area contributed by atoms with Gasteiger partial charge in [-0.15, -0.1) is 12.4 Å². The first-order valence-corrected chi connectivity index (χ1v) is 6.84. The number of benzene rings is 1. The van der Waals surface area contributed by atoms with Crippen LogP contribution in [0.2, 0.25) is 0 Å². The van der Waals surface area contributed by atoms with Crippen LogP contribution in [0.3, 0.4) is 0 Å². The zero-order chi connectivity index (χ0) is 13.7. The highest BCUT2D eigenvalue weighted by atomic mass is 35.5. The molecule has 0 saturated carbocycles. The highest BCUT2D eigenvalue weighted by molar-refractivity contribution is 5.85. The molecule has 0 aromatic heterocycles. The molecule has 1 aliphatic rings. The van der Waals surface area contributed by atoms with Gasteiger partial charge in [0.25, 0.3) is 0 Å². The van der Waals surface area contributed by atoms with Crippen LogP contribution in [0.25, 0.3) is 0 Å². The van der Waals surface area contributed by atoms with Crippen LogP contribution in [-0.2, 0) is 22.5 Å². The predicted octanol–water partition coefficient (Wildman–Crippen LogP) is 1.62. The summed E-state index contributed by atoms with van der Waals surface area (Å²) in [6.07, 6.45) is 1.04. The Morgan fingerprint density at radius 1 is 1.35 bits per heavy atom. The van der Waals surface area contributed by atoms with Gasteiger partial charge in [0.1, 0.15) is 6.04 Å². The maximum absolute atomic E-state index is 12.2. The van der Waals surface area contributed by atoms with E-state index in [1.807, 2.05) is 7.05 Å².